The minimum atomic E-state index is -0.350. The number of rotatable bonds is 5. The molecule has 0 unspecified atom stereocenters. The van der Waals surface area contributed by atoms with Gasteiger partial charge in [0.05, 0.1) is 23.0 Å². The zero-order chi connectivity index (χ0) is 18.8. The number of amides is 2. The molecule has 2 amide bonds. The van der Waals surface area contributed by atoms with E-state index in [0.29, 0.717) is 6.54 Å². The van der Waals surface area contributed by atoms with Gasteiger partial charge in [0, 0.05) is 25.7 Å². The molecule has 1 fully saturated rings. The highest BCUT2D eigenvalue weighted by molar-refractivity contribution is 6.03. The Kier molecular flexibility index (Phi) is 5.11. The average Bonchev–Trinajstić information content (AvgIpc) is 3.11. The zero-order valence-electron chi connectivity index (χ0n) is 15.9. The Bertz CT molecular complexity index is 823. The summed E-state index contributed by atoms with van der Waals surface area (Å²) in [5, 5.41) is 7.27. The molecule has 0 aliphatic carbocycles. The molecule has 2 aromatic rings. The molecular formula is C20H26N4O2. The van der Waals surface area contributed by atoms with Gasteiger partial charge in [0.1, 0.15) is 0 Å². The van der Waals surface area contributed by atoms with Crippen LogP contribution in [0.15, 0.2) is 24.3 Å². The summed E-state index contributed by atoms with van der Waals surface area (Å²) in [5.74, 6) is -0.479. The summed E-state index contributed by atoms with van der Waals surface area (Å²) in [6.45, 7) is 6.34. The Balaban J connectivity index is 1.69. The van der Waals surface area contributed by atoms with E-state index in [9.17, 15) is 9.59 Å². The zero-order valence-corrected chi connectivity index (χ0v) is 15.9. The lowest BCUT2D eigenvalue weighted by atomic mass is 10.1. The topological polar surface area (TPSA) is 67.2 Å². The Hall–Kier alpha value is -2.63. The quantitative estimate of drug-likeness (QED) is 0.897. The van der Waals surface area contributed by atoms with Gasteiger partial charge in [-0.15, -0.1) is 0 Å². The van der Waals surface area contributed by atoms with E-state index in [-0.39, 0.29) is 24.2 Å². The van der Waals surface area contributed by atoms with Crippen LogP contribution >= 0.6 is 0 Å². The highest BCUT2D eigenvalue weighted by atomic mass is 16.2. The van der Waals surface area contributed by atoms with Crippen LogP contribution in [0.4, 0.5) is 11.4 Å². The van der Waals surface area contributed by atoms with Gasteiger partial charge in [-0.05, 0) is 38.0 Å². The third kappa shape index (κ3) is 3.49. The smallest absolute Gasteiger partial charge is 0.229 e. The number of benzene rings is 1. The maximum atomic E-state index is 12.7. The van der Waals surface area contributed by atoms with Crippen molar-refractivity contribution in [3.8, 4) is 0 Å². The van der Waals surface area contributed by atoms with Crippen LogP contribution in [-0.4, -0.2) is 28.1 Å². The molecule has 1 aliphatic heterocycles. The first kappa shape index (κ1) is 18.2. The van der Waals surface area contributed by atoms with Crippen molar-refractivity contribution in [3.63, 3.8) is 0 Å². The van der Waals surface area contributed by atoms with E-state index < -0.39 is 0 Å². The maximum absolute atomic E-state index is 12.7. The molecule has 1 atom stereocenters. The van der Waals surface area contributed by atoms with Gasteiger partial charge in [-0.3, -0.25) is 14.3 Å². The van der Waals surface area contributed by atoms with Crippen LogP contribution in [0.3, 0.4) is 0 Å². The van der Waals surface area contributed by atoms with Crippen LogP contribution < -0.4 is 10.2 Å². The van der Waals surface area contributed by atoms with E-state index in [0.717, 1.165) is 35.6 Å². The second-order valence-electron chi connectivity index (χ2n) is 6.98. The third-order valence-corrected chi connectivity index (χ3v) is 5.04. The van der Waals surface area contributed by atoms with Crippen molar-refractivity contribution in [3.05, 3.63) is 41.2 Å². The van der Waals surface area contributed by atoms with Gasteiger partial charge in [0.15, 0.2) is 0 Å². The monoisotopic (exact) mass is 354 g/mol. The first-order valence-electron chi connectivity index (χ1n) is 9.11. The van der Waals surface area contributed by atoms with Crippen LogP contribution in [-0.2, 0) is 23.1 Å². The molecule has 1 N–H and O–H groups in total. The summed E-state index contributed by atoms with van der Waals surface area (Å²) in [6, 6.07) is 8.06. The van der Waals surface area contributed by atoms with E-state index in [1.807, 2.05) is 33.0 Å². The van der Waals surface area contributed by atoms with Gasteiger partial charge >= 0.3 is 0 Å². The van der Waals surface area contributed by atoms with Crippen molar-refractivity contribution in [2.24, 2.45) is 13.0 Å². The van der Waals surface area contributed by atoms with E-state index in [2.05, 4.69) is 29.5 Å². The number of anilines is 2. The molecule has 0 bridgehead atoms. The molecule has 2 heterocycles. The Morgan fingerprint density at radius 1 is 1.27 bits per heavy atom. The summed E-state index contributed by atoms with van der Waals surface area (Å²) in [6.07, 6.45) is 2.36. The van der Waals surface area contributed by atoms with Crippen LogP contribution in [0.2, 0.25) is 0 Å². The van der Waals surface area contributed by atoms with Crippen molar-refractivity contribution in [1.82, 2.24) is 9.78 Å². The van der Waals surface area contributed by atoms with E-state index in [1.54, 1.807) is 9.58 Å². The Morgan fingerprint density at radius 2 is 1.96 bits per heavy atom. The largest absolute Gasteiger partial charge is 0.323 e. The Labute approximate surface area is 154 Å². The van der Waals surface area contributed by atoms with Gasteiger partial charge in [-0.25, -0.2) is 0 Å². The standard InChI is InChI=1S/C20H26N4O2/c1-5-6-15-7-9-17(10-8-15)24-12-16(11-18(24)25)20(26)21-19-13(2)22-23(4)14(19)3/h7-10,16H,5-6,11-12H2,1-4H3,(H,21,26)/t16-/m0/s1. The molecule has 6 nitrogen and oxygen atoms in total. The van der Waals surface area contributed by atoms with Crippen molar-refractivity contribution in [2.75, 3.05) is 16.8 Å². The number of nitrogens with zero attached hydrogens (tertiary/aromatic N) is 3. The minimum absolute atomic E-state index is 0.00646. The van der Waals surface area contributed by atoms with Gasteiger partial charge in [0.25, 0.3) is 0 Å². The molecule has 0 spiro atoms. The van der Waals surface area contributed by atoms with Gasteiger partial charge in [0.2, 0.25) is 11.8 Å². The van der Waals surface area contributed by atoms with Crippen LogP contribution in [0.25, 0.3) is 0 Å². The molecule has 138 valence electrons. The number of aromatic nitrogens is 2. The number of aryl methyl sites for hydroxylation is 3. The first-order chi connectivity index (χ1) is 12.4. The molecule has 3 rings (SSSR count). The predicted molar refractivity (Wildman–Crippen MR) is 102 cm³/mol. The summed E-state index contributed by atoms with van der Waals surface area (Å²) in [4.78, 5) is 26.8. The molecular weight excluding hydrogens is 328 g/mol. The molecule has 1 aliphatic rings. The van der Waals surface area contributed by atoms with E-state index in [4.69, 9.17) is 0 Å². The summed E-state index contributed by atoms with van der Waals surface area (Å²) in [7, 11) is 1.85. The molecule has 1 aromatic heterocycles. The van der Waals surface area contributed by atoms with Crippen LogP contribution in [0.5, 0.6) is 0 Å². The highest BCUT2D eigenvalue weighted by Gasteiger charge is 2.35. The number of nitrogens with one attached hydrogen (secondary N) is 1. The third-order valence-electron chi connectivity index (χ3n) is 5.04. The fourth-order valence-electron chi connectivity index (χ4n) is 3.44. The lowest BCUT2D eigenvalue weighted by Crippen LogP contribution is -2.28. The van der Waals surface area contributed by atoms with Crippen LogP contribution in [0.1, 0.15) is 36.7 Å². The van der Waals surface area contributed by atoms with E-state index >= 15 is 0 Å². The number of hydrogen-bond acceptors (Lipinski definition) is 3. The average molecular weight is 354 g/mol. The molecule has 0 radical (unpaired) electrons. The predicted octanol–water partition coefficient (Wildman–Crippen LogP) is 2.98. The van der Waals surface area contributed by atoms with Crippen LogP contribution in [0, 0.1) is 19.8 Å². The normalized spacial score (nSPS) is 17.0. The fraction of sp³-hybridized carbons (Fsp3) is 0.450. The number of hydrogen-bond donors (Lipinski definition) is 1. The fourth-order valence-corrected chi connectivity index (χ4v) is 3.44. The second kappa shape index (κ2) is 7.32. The van der Waals surface area contributed by atoms with Crippen molar-refractivity contribution >= 4 is 23.2 Å². The molecule has 6 heteroatoms. The molecule has 1 aromatic carbocycles. The summed E-state index contributed by atoms with van der Waals surface area (Å²) >= 11 is 0. The molecule has 1 saturated heterocycles. The summed E-state index contributed by atoms with van der Waals surface area (Å²) < 4.78 is 1.74. The lowest BCUT2D eigenvalue weighted by molar-refractivity contribution is -0.122. The Morgan fingerprint density at radius 3 is 2.54 bits per heavy atom. The number of carbonyl (C=O) groups excluding carboxylic acids is 2. The first-order valence-corrected chi connectivity index (χ1v) is 9.11. The second-order valence-corrected chi connectivity index (χ2v) is 6.98. The molecule has 0 saturated carbocycles. The lowest BCUT2D eigenvalue weighted by Gasteiger charge is -2.17. The minimum Gasteiger partial charge on any atom is -0.323 e. The van der Waals surface area contributed by atoms with Crippen molar-refractivity contribution in [1.29, 1.82) is 0 Å². The summed E-state index contributed by atoms with van der Waals surface area (Å²) in [5.41, 5.74) is 4.56. The van der Waals surface area contributed by atoms with Gasteiger partial charge in [-0.2, -0.15) is 5.10 Å². The SMILES string of the molecule is CCCc1ccc(N2C[C@@H](C(=O)Nc3c(C)nn(C)c3C)CC2=O)cc1. The highest BCUT2D eigenvalue weighted by Crippen LogP contribution is 2.27. The van der Waals surface area contributed by atoms with Gasteiger partial charge in [-0.1, -0.05) is 25.5 Å². The van der Waals surface area contributed by atoms with Crippen molar-refractivity contribution < 1.29 is 9.59 Å². The van der Waals surface area contributed by atoms with Crippen molar-refractivity contribution in [2.45, 2.75) is 40.0 Å². The molecule has 26 heavy (non-hydrogen) atoms. The number of carbonyl (C=O) groups is 2. The maximum Gasteiger partial charge on any atom is 0.229 e. The van der Waals surface area contributed by atoms with E-state index in [1.165, 1.54) is 5.56 Å². The van der Waals surface area contributed by atoms with Gasteiger partial charge < -0.3 is 10.2 Å².